The lowest BCUT2D eigenvalue weighted by atomic mass is 10.1. The van der Waals surface area contributed by atoms with E-state index in [1.165, 1.54) is 12.1 Å². The molecule has 1 aliphatic carbocycles. The zero-order valence-corrected chi connectivity index (χ0v) is 20.9. The van der Waals surface area contributed by atoms with Crippen LogP contribution in [0.15, 0.2) is 72.8 Å². The Balaban J connectivity index is 1.37. The Kier molecular flexibility index (Phi) is 7.14. The van der Waals surface area contributed by atoms with E-state index in [-0.39, 0.29) is 22.8 Å². The van der Waals surface area contributed by atoms with E-state index in [1.54, 1.807) is 24.3 Å². The van der Waals surface area contributed by atoms with Crippen LogP contribution in [0, 0.1) is 12.7 Å². The normalized spacial score (nSPS) is 12.6. The molecule has 7 nitrogen and oxygen atoms in total. The van der Waals surface area contributed by atoms with Crippen LogP contribution in [0.25, 0.3) is 11.3 Å². The largest absolute Gasteiger partial charge is 0.413 e. The van der Waals surface area contributed by atoms with Gasteiger partial charge in [0.1, 0.15) is 11.5 Å². The van der Waals surface area contributed by atoms with Crippen LogP contribution in [0.2, 0.25) is 0 Å². The van der Waals surface area contributed by atoms with Crippen LogP contribution in [0.1, 0.15) is 34.3 Å². The minimum atomic E-state index is -0.627. The summed E-state index contributed by atoms with van der Waals surface area (Å²) in [6, 6.07) is 21.0. The Labute approximate surface area is 217 Å². The monoisotopic (exact) mass is 516 g/mol. The van der Waals surface area contributed by atoms with Crippen molar-refractivity contribution >= 4 is 34.2 Å². The zero-order valence-electron chi connectivity index (χ0n) is 20.1. The Morgan fingerprint density at radius 1 is 1.05 bits per heavy atom. The van der Waals surface area contributed by atoms with Gasteiger partial charge in [0.25, 0.3) is 5.91 Å². The molecule has 5 rings (SSSR count). The molecule has 1 aromatic heterocycles. The predicted octanol–water partition coefficient (Wildman–Crippen LogP) is 6.18. The molecule has 37 heavy (non-hydrogen) atoms. The van der Waals surface area contributed by atoms with E-state index < -0.39 is 6.09 Å². The van der Waals surface area contributed by atoms with Gasteiger partial charge < -0.3 is 20.7 Å². The van der Waals surface area contributed by atoms with E-state index in [4.69, 9.17) is 4.74 Å². The number of thiazole rings is 1. The van der Waals surface area contributed by atoms with Crippen molar-refractivity contribution in [2.45, 2.75) is 32.4 Å². The molecule has 3 N–H and O–H groups in total. The summed E-state index contributed by atoms with van der Waals surface area (Å²) in [5.41, 5.74) is 4.12. The standard InChI is InChI=1S/C28H25FN4O3S/c1-17-7-8-20(25(34)31-22-13-14-22)15-23(17)32-27-33-24(19-9-11-21(29)12-10-19)26(37-27)36-28(35)30-16-18-5-3-2-4-6-18/h2-12,15,22H,13-14,16H2,1H3,(H,30,35)(H,31,34)(H,32,33). The van der Waals surface area contributed by atoms with Crippen molar-refractivity contribution in [3.05, 3.63) is 95.3 Å². The van der Waals surface area contributed by atoms with E-state index in [9.17, 15) is 14.0 Å². The quantitative estimate of drug-likeness (QED) is 0.260. The molecule has 0 atom stereocenters. The first-order valence-electron chi connectivity index (χ1n) is 11.9. The molecule has 2 amide bonds. The molecule has 0 unspecified atom stereocenters. The van der Waals surface area contributed by atoms with E-state index in [1.807, 2.05) is 43.3 Å². The van der Waals surface area contributed by atoms with Gasteiger partial charge >= 0.3 is 6.09 Å². The molecule has 1 heterocycles. The zero-order chi connectivity index (χ0) is 25.8. The number of halogens is 1. The number of ether oxygens (including phenoxy) is 1. The van der Waals surface area contributed by atoms with E-state index >= 15 is 0 Å². The van der Waals surface area contributed by atoms with Gasteiger partial charge in [0.2, 0.25) is 5.06 Å². The van der Waals surface area contributed by atoms with Crippen molar-refractivity contribution < 1.29 is 18.7 Å². The second kappa shape index (κ2) is 10.8. The molecule has 0 aliphatic heterocycles. The molecule has 0 spiro atoms. The Bertz CT molecular complexity index is 1420. The maximum absolute atomic E-state index is 13.5. The summed E-state index contributed by atoms with van der Waals surface area (Å²) < 4.78 is 19.2. The fraction of sp³-hybridized carbons (Fsp3) is 0.179. The number of nitrogens with one attached hydrogen (secondary N) is 3. The number of hydrogen-bond acceptors (Lipinski definition) is 6. The molecule has 9 heteroatoms. The summed E-state index contributed by atoms with van der Waals surface area (Å²) in [6.07, 6.45) is 1.39. The first-order chi connectivity index (χ1) is 17.9. The summed E-state index contributed by atoms with van der Waals surface area (Å²) in [5.74, 6) is -0.492. The van der Waals surface area contributed by atoms with Gasteiger partial charge in [-0.1, -0.05) is 47.7 Å². The number of aromatic nitrogens is 1. The van der Waals surface area contributed by atoms with Crippen LogP contribution >= 0.6 is 11.3 Å². The van der Waals surface area contributed by atoms with Gasteiger partial charge in [0.15, 0.2) is 5.13 Å². The first kappa shape index (κ1) is 24.5. The highest BCUT2D eigenvalue weighted by Gasteiger charge is 2.24. The molecule has 0 saturated heterocycles. The number of rotatable bonds is 8. The molecule has 1 fully saturated rings. The first-order valence-corrected chi connectivity index (χ1v) is 12.7. The average Bonchev–Trinajstić information content (AvgIpc) is 3.63. The highest BCUT2D eigenvalue weighted by atomic mass is 32.1. The van der Waals surface area contributed by atoms with Gasteiger partial charge in [0.05, 0.1) is 0 Å². The summed E-state index contributed by atoms with van der Waals surface area (Å²) in [6.45, 7) is 2.23. The third-order valence-corrected chi connectivity index (χ3v) is 6.68. The van der Waals surface area contributed by atoms with Crippen LogP contribution in [-0.2, 0) is 6.54 Å². The maximum atomic E-state index is 13.5. The molecule has 0 radical (unpaired) electrons. The fourth-order valence-electron chi connectivity index (χ4n) is 3.62. The number of benzene rings is 3. The number of amides is 2. The number of nitrogens with zero attached hydrogens (tertiary/aromatic N) is 1. The predicted molar refractivity (Wildman–Crippen MR) is 142 cm³/mol. The van der Waals surface area contributed by atoms with Crippen LogP contribution in [0.5, 0.6) is 5.06 Å². The second-order valence-corrected chi connectivity index (χ2v) is 9.75. The number of anilines is 2. The third-order valence-electron chi connectivity index (χ3n) is 5.83. The molecular weight excluding hydrogens is 491 g/mol. The number of carbonyl (C=O) groups excluding carboxylic acids is 2. The minimum absolute atomic E-state index is 0.115. The van der Waals surface area contributed by atoms with Crippen molar-refractivity contribution in [2.75, 3.05) is 5.32 Å². The van der Waals surface area contributed by atoms with Crippen LogP contribution in [-0.4, -0.2) is 23.0 Å². The van der Waals surface area contributed by atoms with Crippen LogP contribution in [0.4, 0.5) is 20.0 Å². The smallest absolute Gasteiger partial charge is 0.397 e. The third kappa shape index (κ3) is 6.31. The maximum Gasteiger partial charge on any atom is 0.413 e. The van der Waals surface area contributed by atoms with E-state index in [0.29, 0.717) is 34.2 Å². The summed E-state index contributed by atoms with van der Waals surface area (Å²) in [5, 5.41) is 9.71. The second-order valence-electron chi connectivity index (χ2n) is 8.79. The summed E-state index contributed by atoms with van der Waals surface area (Å²) >= 11 is 1.15. The van der Waals surface area contributed by atoms with Gasteiger partial charge in [-0.2, -0.15) is 0 Å². The summed E-state index contributed by atoms with van der Waals surface area (Å²) in [7, 11) is 0. The van der Waals surface area contributed by atoms with E-state index in [0.717, 1.165) is 35.3 Å². The van der Waals surface area contributed by atoms with E-state index in [2.05, 4.69) is 20.9 Å². The molecular formula is C28H25FN4O3S. The molecule has 3 aromatic carbocycles. The van der Waals surface area contributed by atoms with Gasteiger partial charge in [-0.15, -0.1) is 0 Å². The van der Waals surface area contributed by atoms with Crippen molar-refractivity contribution in [3.63, 3.8) is 0 Å². The Hall–Kier alpha value is -4.24. The van der Waals surface area contributed by atoms with Gasteiger partial charge in [-0.3, -0.25) is 4.79 Å². The van der Waals surface area contributed by atoms with Gasteiger partial charge in [0, 0.05) is 29.4 Å². The van der Waals surface area contributed by atoms with Crippen molar-refractivity contribution in [2.24, 2.45) is 0 Å². The fourth-order valence-corrected chi connectivity index (χ4v) is 4.47. The summed E-state index contributed by atoms with van der Waals surface area (Å²) in [4.78, 5) is 29.7. The number of aryl methyl sites for hydroxylation is 1. The molecule has 0 bridgehead atoms. The number of carbonyl (C=O) groups is 2. The highest BCUT2D eigenvalue weighted by Crippen LogP contribution is 2.39. The lowest BCUT2D eigenvalue weighted by molar-refractivity contribution is 0.0951. The van der Waals surface area contributed by atoms with Crippen molar-refractivity contribution in [3.8, 4) is 16.3 Å². The van der Waals surface area contributed by atoms with Crippen molar-refractivity contribution in [1.82, 2.24) is 15.6 Å². The number of hydrogen-bond donors (Lipinski definition) is 3. The minimum Gasteiger partial charge on any atom is -0.397 e. The molecule has 188 valence electrons. The topological polar surface area (TPSA) is 92.3 Å². The van der Waals surface area contributed by atoms with Crippen LogP contribution < -0.4 is 20.7 Å². The lowest BCUT2D eigenvalue weighted by Crippen LogP contribution is -2.26. The Morgan fingerprint density at radius 3 is 2.54 bits per heavy atom. The van der Waals surface area contributed by atoms with Gasteiger partial charge in [-0.25, -0.2) is 14.2 Å². The molecule has 4 aromatic rings. The average molecular weight is 517 g/mol. The highest BCUT2D eigenvalue weighted by molar-refractivity contribution is 7.18. The molecule has 1 aliphatic rings. The van der Waals surface area contributed by atoms with Gasteiger partial charge in [-0.05, 0) is 67.3 Å². The lowest BCUT2D eigenvalue weighted by Gasteiger charge is -2.10. The SMILES string of the molecule is Cc1ccc(C(=O)NC2CC2)cc1Nc1nc(-c2ccc(F)cc2)c(OC(=O)NCc2ccccc2)s1. The van der Waals surface area contributed by atoms with Crippen molar-refractivity contribution in [1.29, 1.82) is 0 Å². The van der Waals surface area contributed by atoms with Crippen LogP contribution in [0.3, 0.4) is 0 Å². The molecule has 1 saturated carbocycles. The Morgan fingerprint density at radius 2 is 1.81 bits per heavy atom.